The highest BCUT2D eigenvalue weighted by Crippen LogP contribution is 2.31. The molecule has 1 aliphatic carbocycles. The number of piperidine rings is 1. The molecule has 0 spiro atoms. The van der Waals surface area contributed by atoms with E-state index in [1.54, 1.807) is 0 Å². The van der Waals surface area contributed by atoms with Crippen LogP contribution in [0.2, 0.25) is 0 Å². The summed E-state index contributed by atoms with van der Waals surface area (Å²) in [6.45, 7) is 2.93. The number of nitrogens with zero attached hydrogens (tertiary/aromatic N) is 1. The van der Waals surface area contributed by atoms with Crippen molar-refractivity contribution in [3.63, 3.8) is 0 Å². The van der Waals surface area contributed by atoms with Crippen LogP contribution in [0.5, 0.6) is 5.75 Å². The fourth-order valence-corrected chi connectivity index (χ4v) is 4.10. The molecule has 2 N–H and O–H groups in total. The maximum Gasteiger partial charge on any atom is 0.220 e. The quantitative estimate of drug-likeness (QED) is 0.838. The summed E-state index contributed by atoms with van der Waals surface area (Å²) >= 11 is 0. The number of ether oxygens (including phenoxy) is 1. The van der Waals surface area contributed by atoms with Gasteiger partial charge in [-0.1, -0.05) is 0 Å². The SMILES string of the molecule is NC(=O)[C@H]1CC[C@H](CCN2CCC(Oc3ccc(F)cc3F)CC2)CC1. The van der Waals surface area contributed by atoms with Crippen molar-refractivity contribution in [3.05, 3.63) is 29.8 Å². The zero-order chi connectivity index (χ0) is 18.5. The highest BCUT2D eigenvalue weighted by Gasteiger charge is 2.26. The molecule has 4 nitrogen and oxygen atoms in total. The van der Waals surface area contributed by atoms with E-state index in [1.165, 1.54) is 12.1 Å². The Balaban J connectivity index is 1.36. The summed E-state index contributed by atoms with van der Waals surface area (Å²) in [6, 6.07) is 3.44. The summed E-state index contributed by atoms with van der Waals surface area (Å²) in [6.07, 6.45) is 6.89. The van der Waals surface area contributed by atoms with Crippen molar-refractivity contribution in [1.29, 1.82) is 0 Å². The van der Waals surface area contributed by atoms with Crippen LogP contribution < -0.4 is 10.5 Å². The third-order valence-electron chi connectivity index (χ3n) is 5.82. The number of rotatable bonds is 6. The monoisotopic (exact) mass is 366 g/mol. The summed E-state index contributed by atoms with van der Waals surface area (Å²) in [4.78, 5) is 13.7. The van der Waals surface area contributed by atoms with Gasteiger partial charge in [0.2, 0.25) is 5.91 Å². The highest BCUT2D eigenvalue weighted by atomic mass is 19.1. The number of hydrogen-bond donors (Lipinski definition) is 1. The van der Waals surface area contributed by atoms with Crippen LogP contribution in [0.1, 0.15) is 44.9 Å². The molecular formula is C20H28F2N2O2. The number of benzene rings is 1. The lowest BCUT2D eigenvalue weighted by Crippen LogP contribution is -2.39. The number of likely N-dealkylation sites (tertiary alicyclic amines) is 1. The molecule has 1 aliphatic heterocycles. The minimum absolute atomic E-state index is 0.0165. The number of carbonyl (C=O) groups excluding carboxylic acids is 1. The Bertz CT molecular complexity index is 610. The van der Waals surface area contributed by atoms with Crippen LogP contribution in [0, 0.1) is 23.5 Å². The first-order valence-corrected chi connectivity index (χ1v) is 9.64. The summed E-state index contributed by atoms with van der Waals surface area (Å²) in [5, 5.41) is 0. The first-order valence-electron chi connectivity index (χ1n) is 9.64. The third kappa shape index (κ3) is 5.16. The number of hydrogen-bond acceptors (Lipinski definition) is 3. The summed E-state index contributed by atoms with van der Waals surface area (Å²) in [5.74, 6) is -0.480. The molecule has 0 unspecified atom stereocenters. The van der Waals surface area contributed by atoms with Crippen molar-refractivity contribution < 1.29 is 18.3 Å². The molecule has 144 valence electrons. The molecule has 1 heterocycles. The number of nitrogens with two attached hydrogens (primary N) is 1. The van der Waals surface area contributed by atoms with Gasteiger partial charge in [-0.25, -0.2) is 8.78 Å². The van der Waals surface area contributed by atoms with Gasteiger partial charge in [0.05, 0.1) is 0 Å². The van der Waals surface area contributed by atoms with Gasteiger partial charge in [-0.05, 0) is 69.5 Å². The fraction of sp³-hybridized carbons (Fsp3) is 0.650. The molecule has 0 aromatic heterocycles. The molecule has 26 heavy (non-hydrogen) atoms. The zero-order valence-corrected chi connectivity index (χ0v) is 15.1. The largest absolute Gasteiger partial charge is 0.487 e. The van der Waals surface area contributed by atoms with Crippen LogP contribution in [0.4, 0.5) is 8.78 Å². The summed E-state index contributed by atoms with van der Waals surface area (Å²) < 4.78 is 32.3. The van der Waals surface area contributed by atoms with E-state index in [-0.39, 0.29) is 23.7 Å². The van der Waals surface area contributed by atoms with Crippen molar-refractivity contribution >= 4 is 5.91 Å². The molecular weight excluding hydrogens is 338 g/mol. The molecule has 1 saturated heterocycles. The number of halogens is 2. The van der Waals surface area contributed by atoms with E-state index < -0.39 is 11.6 Å². The third-order valence-corrected chi connectivity index (χ3v) is 5.82. The Morgan fingerprint density at radius 1 is 1.12 bits per heavy atom. The van der Waals surface area contributed by atoms with E-state index >= 15 is 0 Å². The maximum absolute atomic E-state index is 13.7. The van der Waals surface area contributed by atoms with E-state index in [1.807, 2.05) is 0 Å². The zero-order valence-electron chi connectivity index (χ0n) is 15.1. The molecule has 3 rings (SSSR count). The van der Waals surface area contributed by atoms with E-state index in [9.17, 15) is 13.6 Å². The number of primary amides is 1. The molecule has 0 radical (unpaired) electrons. The lowest BCUT2D eigenvalue weighted by molar-refractivity contribution is -0.123. The molecule has 0 atom stereocenters. The molecule has 1 aromatic carbocycles. The molecule has 6 heteroatoms. The van der Waals surface area contributed by atoms with Crippen molar-refractivity contribution in [1.82, 2.24) is 4.90 Å². The molecule has 1 saturated carbocycles. The van der Waals surface area contributed by atoms with Gasteiger partial charge in [-0.2, -0.15) is 0 Å². The van der Waals surface area contributed by atoms with E-state index in [4.69, 9.17) is 10.5 Å². The van der Waals surface area contributed by atoms with Crippen LogP contribution in [-0.4, -0.2) is 36.5 Å². The normalized spacial score (nSPS) is 25.2. The predicted molar refractivity (Wildman–Crippen MR) is 95.7 cm³/mol. The second-order valence-corrected chi connectivity index (χ2v) is 7.64. The Kier molecular flexibility index (Phi) is 6.46. The molecule has 2 aliphatic rings. The van der Waals surface area contributed by atoms with E-state index in [2.05, 4.69) is 4.90 Å². The summed E-state index contributed by atoms with van der Waals surface area (Å²) in [7, 11) is 0. The minimum atomic E-state index is -0.640. The number of amides is 1. The Hall–Kier alpha value is -1.69. The average Bonchev–Trinajstić information content (AvgIpc) is 2.64. The summed E-state index contributed by atoms with van der Waals surface area (Å²) in [5.41, 5.74) is 5.39. The smallest absolute Gasteiger partial charge is 0.220 e. The fourth-order valence-electron chi connectivity index (χ4n) is 4.10. The standard InChI is InChI=1S/C20H28F2N2O2/c21-16-5-6-19(18(22)13-16)26-17-8-11-24(12-9-17)10-7-14-1-3-15(4-2-14)20(23)25/h5-6,13-15,17H,1-4,7-12H2,(H2,23,25)/t14-,15-. The van der Waals surface area contributed by atoms with Crippen LogP contribution in [0.15, 0.2) is 18.2 Å². The lowest BCUT2D eigenvalue weighted by atomic mass is 9.80. The van der Waals surface area contributed by atoms with Gasteiger partial charge in [-0.3, -0.25) is 4.79 Å². The van der Waals surface area contributed by atoms with Gasteiger partial charge in [0.25, 0.3) is 0 Å². The van der Waals surface area contributed by atoms with Gasteiger partial charge in [0.15, 0.2) is 11.6 Å². The van der Waals surface area contributed by atoms with Crippen molar-refractivity contribution in [3.8, 4) is 5.75 Å². The molecule has 1 aromatic rings. The van der Waals surface area contributed by atoms with E-state index in [0.717, 1.165) is 70.6 Å². The average molecular weight is 366 g/mol. The maximum atomic E-state index is 13.7. The second kappa shape index (κ2) is 8.80. The van der Waals surface area contributed by atoms with E-state index in [0.29, 0.717) is 5.92 Å². The van der Waals surface area contributed by atoms with Gasteiger partial charge < -0.3 is 15.4 Å². The topological polar surface area (TPSA) is 55.6 Å². The molecule has 1 amide bonds. The Labute approximate surface area is 153 Å². The predicted octanol–water partition coefficient (Wildman–Crippen LogP) is 3.49. The van der Waals surface area contributed by atoms with Gasteiger partial charge in [0, 0.05) is 25.1 Å². The van der Waals surface area contributed by atoms with Gasteiger partial charge in [0.1, 0.15) is 11.9 Å². The molecule has 2 fully saturated rings. The first kappa shape index (κ1) is 19.1. The lowest BCUT2D eigenvalue weighted by Gasteiger charge is -2.34. The Morgan fingerprint density at radius 2 is 1.81 bits per heavy atom. The van der Waals surface area contributed by atoms with Crippen LogP contribution in [0.25, 0.3) is 0 Å². The van der Waals surface area contributed by atoms with Crippen LogP contribution >= 0.6 is 0 Å². The van der Waals surface area contributed by atoms with Gasteiger partial charge in [-0.15, -0.1) is 0 Å². The van der Waals surface area contributed by atoms with Crippen molar-refractivity contribution in [2.75, 3.05) is 19.6 Å². The Morgan fingerprint density at radius 3 is 2.42 bits per heavy atom. The second-order valence-electron chi connectivity index (χ2n) is 7.64. The highest BCUT2D eigenvalue weighted by molar-refractivity contribution is 5.76. The van der Waals surface area contributed by atoms with Crippen molar-refractivity contribution in [2.45, 2.75) is 51.0 Å². The van der Waals surface area contributed by atoms with Crippen LogP contribution in [-0.2, 0) is 4.79 Å². The van der Waals surface area contributed by atoms with Gasteiger partial charge >= 0.3 is 0 Å². The van der Waals surface area contributed by atoms with Crippen molar-refractivity contribution in [2.24, 2.45) is 17.6 Å². The number of carbonyl (C=O) groups is 1. The van der Waals surface area contributed by atoms with Crippen LogP contribution in [0.3, 0.4) is 0 Å². The minimum Gasteiger partial charge on any atom is -0.487 e. The first-order chi connectivity index (χ1) is 12.5. The molecule has 0 bridgehead atoms.